The normalized spacial score (nSPS) is 16.0. The maximum absolute atomic E-state index is 12.0. The summed E-state index contributed by atoms with van der Waals surface area (Å²) in [6.45, 7) is 4.52. The lowest BCUT2D eigenvalue weighted by Crippen LogP contribution is -2.39. The predicted molar refractivity (Wildman–Crippen MR) is 198 cm³/mol. The molecule has 2 amide bonds. The lowest BCUT2D eigenvalue weighted by Gasteiger charge is -2.31. The van der Waals surface area contributed by atoms with E-state index in [9.17, 15) is 9.59 Å². The average Bonchev–Trinajstić information content (AvgIpc) is 3.11. The van der Waals surface area contributed by atoms with Gasteiger partial charge in [-0.15, -0.1) is 0 Å². The molecule has 0 radical (unpaired) electrons. The number of hydrogen-bond acceptors (Lipinski definition) is 10. The lowest BCUT2D eigenvalue weighted by atomic mass is 9.98. The minimum absolute atomic E-state index is 0.317. The summed E-state index contributed by atoms with van der Waals surface area (Å²) in [5, 5.41) is 12.3. The number of methoxy groups -OCH3 is 1. The van der Waals surface area contributed by atoms with Gasteiger partial charge in [0.05, 0.1) is 29.1 Å². The molecule has 0 saturated carbocycles. The molecule has 2 aliphatic heterocycles. The molecule has 0 aromatic heterocycles. The van der Waals surface area contributed by atoms with E-state index in [-0.39, 0.29) is 0 Å². The maximum atomic E-state index is 12.0. The number of aliphatic imine (C=N–C) groups is 1. The highest BCUT2D eigenvalue weighted by Gasteiger charge is 2.23. The fourth-order valence-electron chi connectivity index (χ4n) is 5.14. The number of rotatable bonds is 9. The third-order valence-corrected chi connectivity index (χ3v) is 8.29. The molecule has 0 spiro atoms. The van der Waals surface area contributed by atoms with Gasteiger partial charge in [0, 0.05) is 31.9 Å². The smallest absolute Gasteiger partial charge is 0.250 e. The highest BCUT2D eigenvalue weighted by molar-refractivity contribution is 6.45. The standard InChI is InChI=1S/C27H26ClN5O3.C7H16N2.C2H5NO/c1-16-8-10-17(11-9-16)20-13-24(36-3)23(12-18(20)15-34)31-27-32-26(21(28)14-33(27)2)30-22-7-5-4-6-19(22)25(29)35;1-8-7-3-5-9(2)6-4-7;1-3-2-4/h4-15,27,31H,1-3H3,(H2,29,35)(H,30,32);7-8H,3-6H2,1-2H3;2H,1H3,(H,3,4). The van der Waals surface area contributed by atoms with E-state index in [0.717, 1.165) is 29.0 Å². The van der Waals surface area contributed by atoms with Crippen molar-refractivity contribution in [1.82, 2.24) is 20.4 Å². The van der Waals surface area contributed by atoms with Crippen molar-refractivity contribution in [3.8, 4) is 16.9 Å². The number of amides is 2. The van der Waals surface area contributed by atoms with Gasteiger partial charge in [0.15, 0.2) is 12.6 Å². The second-order valence-electron chi connectivity index (χ2n) is 11.6. The molecule has 262 valence electrons. The van der Waals surface area contributed by atoms with Crippen LogP contribution in [-0.4, -0.2) is 95.0 Å². The van der Waals surface area contributed by atoms with Gasteiger partial charge < -0.3 is 41.5 Å². The van der Waals surface area contributed by atoms with Gasteiger partial charge in [-0.25, -0.2) is 4.99 Å². The minimum Gasteiger partial charge on any atom is -0.495 e. The number of nitrogens with one attached hydrogen (secondary N) is 4. The van der Waals surface area contributed by atoms with Crippen LogP contribution in [0.2, 0.25) is 0 Å². The van der Waals surface area contributed by atoms with Crippen molar-refractivity contribution in [2.24, 2.45) is 10.7 Å². The number of carbonyl (C=O) groups excluding carboxylic acids is 3. The molecule has 1 fully saturated rings. The summed E-state index contributed by atoms with van der Waals surface area (Å²) < 4.78 is 5.64. The summed E-state index contributed by atoms with van der Waals surface area (Å²) in [7, 11) is 9.18. The molecule has 1 unspecified atom stereocenters. The van der Waals surface area contributed by atoms with E-state index in [1.54, 1.807) is 55.6 Å². The molecule has 13 heteroatoms. The third-order valence-electron chi connectivity index (χ3n) is 8.02. The Morgan fingerprint density at radius 3 is 2.24 bits per heavy atom. The third kappa shape index (κ3) is 11.1. The number of piperidine rings is 1. The van der Waals surface area contributed by atoms with Crippen LogP contribution in [0.15, 0.2) is 76.9 Å². The molecule has 12 nitrogen and oxygen atoms in total. The van der Waals surface area contributed by atoms with Gasteiger partial charge in [0.2, 0.25) is 6.41 Å². The number of carbonyl (C=O) groups is 3. The van der Waals surface area contributed by atoms with Crippen LogP contribution in [-0.2, 0) is 4.79 Å². The first-order valence-corrected chi connectivity index (χ1v) is 16.2. The van der Waals surface area contributed by atoms with E-state index < -0.39 is 12.2 Å². The molecule has 3 aromatic carbocycles. The number of benzene rings is 3. The molecule has 3 aromatic rings. The molecule has 49 heavy (non-hydrogen) atoms. The molecule has 2 aliphatic rings. The van der Waals surface area contributed by atoms with E-state index >= 15 is 0 Å². The van der Waals surface area contributed by atoms with Gasteiger partial charge in [-0.2, -0.15) is 0 Å². The van der Waals surface area contributed by atoms with Crippen molar-refractivity contribution in [2.75, 3.05) is 59.0 Å². The first kappa shape index (κ1) is 38.5. The SMILES string of the molecule is CNC1CCN(C)CC1.CNC=O.COc1cc(-c2ccc(C)cc2)c(C=O)cc1NC1N=C(Nc2ccccc2C(N)=O)C(Cl)=CN1C. The lowest BCUT2D eigenvalue weighted by molar-refractivity contribution is -0.109. The number of hydrogen-bond donors (Lipinski definition) is 5. The molecular formula is C36H47ClN8O4. The topological polar surface area (TPSA) is 153 Å². The quantitative estimate of drug-likeness (QED) is 0.205. The summed E-state index contributed by atoms with van der Waals surface area (Å²) in [4.78, 5) is 41.7. The Kier molecular flexibility index (Phi) is 15.1. The average molecular weight is 691 g/mol. The van der Waals surface area contributed by atoms with Crippen LogP contribution in [0, 0.1) is 6.92 Å². The summed E-state index contributed by atoms with van der Waals surface area (Å²) in [6, 6.07) is 19.1. The van der Waals surface area contributed by atoms with E-state index in [2.05, 4.69) is 45.3 Å². The van der Waals surface area contributed by atoms with Crippen molar-refractivity contribution < 1.29 is 19.1 Å². The molecule has 6 N–H and O–H groups in total. The number of para-hydroxylation sites is 1. The van der Waals surface area contributed by atoms with E-state index in [4.69, 9.17) is 26.9 Å². The van der Waals surface area contributed by atoms with E-state index in [1.807, 2.05) is 44.3 Å². The number of nitrogens with zero attached hydrogens (tertiary/aromatic N) is 3. The van der Waals surface area contributed by atoms with Gasteiger partial charge in [0.1, 0.15) is 11.6 Å². The molecule has 1 atom stereocenters. The van der Waals surface area contributed by atoms with E-state index in [0.29, 0.717) is 45.5 Å². The molecule has 2 heterocycles. The van der Waals surface area contributed by atoms with Crippen LogP contribution in [0.25, 0.3) is 11.1 Å². The number of aryl methyl sites for hydroxylation is 1. The fourth-order valence-corrected chi connectivity index (χ4v) is 5.39. The highest BCUT2D eigenvalue weighted by atomic mass is 35.5. The number of amidine groups is 1. The zero-order chi connectivity index (χ0) is 35.9. The number of aldehydes is 1. The van der Waals surface area contributed by atoms with Crippen molar-refractivity contribution in [3.05, 3.63) is 88.6 Å². The predicted octanol–water partition coefficient (Wildman–Crippen LogP) is 4.48. The summed E-state index contributed by atoms with van der Waals surface area (Å²) in [5.41, 5.74) is 10.2. The van der Waals surface area contributed by atoms with Gasteiger partial charge in [-0.3, -0.25) is 14.4 Å². The van der Waals surface area contributed by atoms with Crippen molar-refractivity contribution in [1.29, 1.82) is 0 Å². The summed E-state index contributed by atoms with van der Waals surface area (Å²) >= 11 is 6.44. The number of ether oxygens (including phenoxy) is 1. The van der Waals surface area contributed by atoms with Crippen molar-refractivity contribution in [2.45, 2.75) is 32.1 Å². The molecular weight excluding hydrogens is 644 g/mol. The fraction of sp³-hybridized carbons (Fsp3) is 0.333. The van der Waals surface area contributed by atoms with Gasteiger partial charge in [-0.1, -0.05) is 53.6 Å². The number of halogens is 1. The Morgan fingerprint density at radius 2 is 1.67 bits per heavy atom. The Balaban J connectivity index is 0.000000420. The van der Waals surface area contributed by atoms with Crippen molar-refractivity contribution >= 4 is 47.4 Å². The zero-order valence-corrected chi connectivity index (χ0v) is 29.7. The van der Waals surface area contributed by atoms with Gasteiger partial charge in [0.25, 0.3) is 5.91 Å². The number of primary amides is 1. The Hall–Kier alpha value is -4.91. The zero-order valence-electron chi connectivity index (χ0n) is 28.9. The first-order chi connectivity index (χ1) is 23.5. The molecule has 0 bridgehead atoms. The molecule has 0 aliphatic carbocycles. The maximum Gasteiger partial charge on any atom is 0.250 e. The van der Waals surface area contributed by atoms with Crippen LogP contribution in [0.4, 0.5) is 11.4 Å². The van der Waals surface area contributed by atoms with Crippen LogP contribution in [0.1, 0.15) is 39.1 Å². The van der Waals surface area contributed by atoms with Crippen LogP contribution in [0.5, 0.6) is 5.75 Å². The Labute approximate surface area is 293 Å². The summed E-state index contributed by atoms with van der Waals surface area (Å²) in [5.74, 6) is 0.335. The van der Waals surface area contributed by atoms with Crippen molar-refractivity contribution in [3.63, 3.8) is 0 Å². The number of likely N-dealkylation sites (tertiary alicyclic amines) is 1. The van der Waals surface area contributed by atoms with Gasteiger partial charge in [-0.05, 0) is 82.3 Å². The Bertz CT molecular complexity index is 1620. The van der Waals surface area contributed by atoms with Crippen LogP contribution in [0.3, 0.4) is 0 Å². The summed E-state index contributed by atoms with van der Waals surface area (Å²) in [6.07, 6.45) is 5.18. The van der Waals surface area contributed by atoms with Crippen LogP contribution < -0.4 is 31.7 Å². The highest BCUT2D eigenvalue weighted by Crippen LogP contribution is 2.35. The monoisotopic (exact) mass is 690 g/mol. The minimum atomic E-state index is -0.589. The molecule has 1 saturated heterocycles. The second-order valence-corrected chi connectivity index (χ2v) is 12.0. The number of anilines is 2. The van der Waals surface area contributed by atoms with Crippen LogP contribution >= 0.6 is 11.6 Å². The molecule has 5 rings (SSSR count). The Morgan fingerprint density at radius 1 is 1.02 bits per heavy atom. The van der Waals surface area contributed by atoms with E-state index in [1.165, 1.54) is 25.9 Å². The second kappa shape index (κ2) is 19.2. The largest absolute Gasteiger partial charge is 0.495 e. The van der Waals surface area contributed by atoms with Gasteiger partial charge >= 0.3 is 0 Å². The first-order valence-electron chi connectivity index (χ1n) is 15.9. The number of nitrogens with two attached hydrogens (primary N) is 1.